The molecule has 3 rings (SSSR count). The van der Waals surface area contributed by atoms with E-state index in [0.29, 0.717) is 17.5 Å². The molecule has 4 nitrogen and oxygen atoms in total. The van der Waals surface area contributed by atoms with E-state index in [1.54, 1.807) is 0 Å². The molecule has 1 saturated carbocycles. The van der Waals surface area contributed by atoms with Crippen molar-refractivity contribution >= 4 is 28.3 Å². The van der Waals surface area contributed by atoms with Crippen molar-refractivity contribution in [3.8, 4) is 11.5 Å². The van der Waals surface area contributed by atoms with Gasteiger partial charge >= 0.3 is 0 Å². The molecule has 1 heterocycles. The van der Waals surface area contributed by atoms with Gasteiger partial charge in [-0.3, -0.25) is 0 Å². The Morgan fingerprint density at radius 3 is 2.57 bits per heavy atom. The number of nitrogens with zero attached hydrogens (tertiary/aromatic N) is 2. The van der Waals surface area contributed by atoms with E-state index in [9.17, 15) is 0 Å². The van der Waals surface area contributed by atoms with E-state index in [0.717, 1.165) is 15.0 Å². The Morgan fingerprint density at radius 2 is 1.81 bits per heavy atom. The van der Waals surface area contributed by atoms with Gasteiger partial charge in [0.2, 0.25) is 0 Å². The van der Waals surface area contributed by atoms with E-state index >= 15 is 0 Å². The number of halogens is 1. The summed E-state index contributed by atoms with van der Waals surface area (Å²) in [5.74, 6) is 1.83. The van der Waals surface area contributed by atoms with Crippen molar-refractivity contribution in [3.05, 3.63) is 27.6 Å². The number of benzene rings is 1. The van der Waals surface area contributed by atoms with Crippen LogP contribution < -0.4 is 5.73 Å². The lowest BCUT2D eigenvalue weighted by atomic mass is 9.91. The molecule has 0 aliphatic heterocycles. The summed E-state index contributed by atoms with van der Waals surface area (Å²) in [5, 5.41) is 4.22. The highest BCUT2D eigenvalue weighted by Crippen LogP contribution is 2.32. The summed E-state index contributed by atoms with van der Waals surface area (Å²) in [7, 11) is 0. The second-order valence-corrected chi connectivity index (χ2v) is 6.98. The van der Waals surface area contributed by atoms with Gasteiger partial charge in [-0.1, -0.05) is 37.3 Å². The van der Waals surface area contributed by atoms with Crippen molar-refractivity contribution in [1.29, 1.82) is 0 Å². The van der Waals surface area contributed by atoms with Crippen molar-refractivity contribution in [2.24, 2.45) is 0 Å². The van der Waals surface area contributed by atoms with E-state index in [1.165, 1.54) is 44.9 Å². The lowest BCUT2D eigenvalue weighted by molar-refractivity contribution is 0.393. The average molecular weight is 397 g/mol. The third-order valence-corrected chi connectivity index (χ3v) is 4.83. The SMILES string of the molecule is Nc1ccc(I)cc1-c1nc(C2CCCCCCC2)no1. The number of hydrogen-bond acceptors (Lipinski definition) is 4. The maximum Gasteiger partial charge on any atom is 0.260 e. The molecule has 0 radical (unpaired) electrons. The minimum Gasteiger partial charge on any atom is -0.398 e. The molecule has 0 unspecified atom stereocenters. The molecule has 5 heteroatoms. The average Bonchev–Trinajstić information content (AvgIpc) is 2.90. The van der Waals surface area contributed by atoms with Crippen molar-refractivity contribution in [1.82, 2.24) is 10.1 Å². The van der Waals surface area contributed by atoms with Crippen LogP contribution in [0.4, 0.5) is 5.69 Å². The summed E-state index contributed by atoms with van der Waals surface area (Å²) in [6.45, 7) is 0. The van der Waals surface area contributed by atoms with Gasteiger partial charge in [0.15, 0.2) is 5.82 Å². The standard InChI is InChI=1S/C16H20IN3O/c17-12-8-9-14(18)13(10-12)16-19-15(20-21-16)11-6-4-2-1-3-5-7-11/h8-11H,1-7,18H2. The molecule has 0 bridgehead atoms. The van der Waals surface area contributed by atoms with Crippen molar-refractivity contribution < 1.29 is 4.52 Å². The molecular weight excluding hydrogens is 377 g/mol. The highest BCUT2D eigenvalue weighted by Gasteiger charge is 2.20. The highest BCUT2D eigenvalue weighted by molar-refractivity contribution is 14.1. The molecule has 2 aromatic rings. The summed E-state index contributed by atoms with van der Waals surface area (Å²) in [4.78, 5) is 4.62. The Hall–Kier alpha value is -1.11. The largest absolute Gasteiger partial charge is 0.398 e. The fourth-order valence-electron chi connectivity index (χ4n) is 2.94. The van der Waals surface area contributed by atoms with Crippen LogP contribution in [0.2, 0.25) is 0 Å². The van der Waals surface area contributed by atoms with E-state index in [-0.39, 0.29) is 0 Å². The van der Waals surface area contributed by atoms with E-state index in [4.69, 9.17) is 10.3 Å². The monoisotopic (exact) mass is 397 g/mol. The van der Waals surface area contributed by atoms with Gasteiger partial charge in [0, 0.05) is 15.2 Å². The van der Waals surface area contributed by atoms with Gasteiger partial charge in [0.05, 0.1) is 5.56 Å². The van der Waals surface area contributed by atoms with Gasteiger partial charge in [-0.05, 0) is 53.6 Å². The zero-order valence-electron chi connectivity index (χ0n) is 12.0. The van der Waals surface area contributed by atoms with Crippen LogP contribution in [0.1, 0.15) is 56.7 Å². The topological polar surface area (TPSA) is 64.9 Å². The second kappa shape index (κ2) is 6.77. The predicted octanol–water partition coefficient (Wildman–Crippen LogP) is 4.75. The summed E-state index contributed by atoms with van der Waals surface area (Å²) < 4.78 is 6.58. The predicted molar refractivity (Wildman–Crippen MR) is 91.9 cm³/mol. The Kier molecular flexibility index (Phi) is 4.77. The first-order chi connectivity index (χ1) is 10.2. The zero-order valence-corrected chi connectivity index (χ0v) is 14.2. The maximum absolute atomic E-state index is 6.02. The van der Waals surface area contributed by atoms with E-state index in [1.807, 2.05) is 18.2 Å². The van der Waals surface area contributed by atoms with Crippen LogP contribution in [-0.4, -0.2) is 10.1 Å². The summed E-state index contributed by atoms with van der Waals surface area (Å²) in [6.07, 6.45) is 8.88. The first-order valence-electron chi connectivity index (χ1n) is 7.63. The first-order valence-corrected chi connectivity index (χ1v) is 8.71. The minimum absolute atomic E-state index is 0.437. The Balaban J connectivity index is 1.83. The van der Waals surface area contributed by atoms with Gasteiger partial charge in [-0.2, -0.15) is 4.98 Å². The van der Waals surface area contributed by atoms with Crippen molar-refractivity contribution in [2.75, 3.05) is 5.73 Å². The molecule has 0 saturated heterocycles. The van der Waals surface area contributed by atoms with Crippen LogP contribution in [0.25, 0.3) is 11.5 Å². The van der Waals surface area contributed by atoms with Crippen molar-refractivity contribution in [2.45, 2.75) is 50.9 Å². The Bertz CT molecular complexity index is 603. The molecule has 1 aliphatic carbocycles. The van der Waals surface area contributed by atoms with Gasteiger partial charge in [-0.25, -0.2) is 0 Å². The quantitative estimate of drug-likeness (QED) is 0.587. The number of rotatable bonds is 2. The fraction of sp³-hybridized carbons (Fsp3) is 0.500. The molecule has 1 aromatic heterocycles. The number of anilines is 1. The van der Waals surface area contributed by atoms with Crippen LogP contribution in [0.3, 0.4) is 0 Å². The smallest absolute Gasteiger partial charge is 0.260 e. The van der Waals surface area contributed by atoms with Crippen molar-refractivity contribution in [3.63, 3.8) is 0 Å². The number of nitrogens with two attached hydrogens (primary N) is 1. The molecule has 2 N–H and O–H groups in total. The zero-order chi connectivity index (χ0) is 14.7. The number of nitrogen functional groups attached to an aromatic ring is 1. The van der Waals surface area contributed by atoms with Gasteiger partial charge in [0.25, 0.3) is 5.89 Å². The van der Waals surface area contributed by atoms with Crippen LogP contribution in [0.5, 0.6) is 0 Å². The van der Waals surface area contributed by atoms with Crippen LogP contribution in [0, 0.1) is 3.57 Å². The van der Waals surface area contributed by atoms with Gasteiger partial charge < -0.3 is 10.3 Å². The lowest BCUT2D eigenvalue weighted by Crippen LogP contribution is -2.04. The normalized spacial score (nSPS) is 17.4. The second-order valence-electron chi connectivity index (χ2n) is 5.73. The summed E-state index contributed by atoms with van der Waals surface area (Å²) in [6, 6.07) is 5.85. The first kappa shape index (κ1) is 14.8. The molecule has 21 heavy (non-hydrogen) atoms. The van der Waals surface area contributed by atoms with E-state index in [2.05, 4.69) is 32.7 Å². The third-order valence-electron chi connectivity index (χ3n) is 4.16. The molecule has 1 aliphatic rings. The fourth-order valence-corrected chi connectivity index (χ4v) is 3.43. The lowest BCUT2D eigenvalue weighted by Gasteiger charge is -2.15. The molecule has 0 atom stereocenters. The van der Waals surface area contributed by atoms with Gasteiger partial charge in [0.1, 0.15) is 0 Å². The molecule has 112 valence electrons. The Labute approximate surface area is 138 Å². The Morgan fingerprint density at radius 1 is 1.10 bits per heavy atom. The van der Waals surface area contributed by atoms with Crippen LogP contribution in [0.15, 0.2) is 22.7 Å². The van der Waals surface area contributed by atoms with Crippen LogP contribution >= 0.6 is 22.6 Å². The highest BCUT2D eigenvalue weighted by atomic mass is 127. The van der Waals surface area contributed by atoms with Crippen LogP contribution in [-0.2, 0) is 0 Å². The molecule has 0 spiro atoms. The molecule has 1 aromatic carbocycles. The number of hydrogen-bond donors (Lipinski definition) is 1. The number of aromatic nitrogens is 2. The van der Waals surface area contributed by atoms with Gasteiger partial charge in [-0.15, -0.1) is 0 Å². The molecule has 0 amide bonds. The summed E-state index contributed by atoms with van der Waals surface area (Å²) in [5.41, 5.74) is 7.55. The minimum atomic E-state index is 0.437. The summed E-state index contributed by atoms with van der Waals surface area (Å²) >= 11 is 2.26. The third kappa shape index (κ3) is 3.56. The molecular formula is C16H20IN3O. The van der Waals surface area contributed by atoms with E-state index < -0.39 is 0 Å². The maximum atomic E-state index is 6.02. The molecule has 1 fully saturated rings.